The van der Waals surface area contributed by atoms with Crippen LogP contribution in [0.2, 0.25) is 0 Å². The van der Waals surface area contributed by atoms with Crippen LogP contribution in [0.1, 0.15) is 24.3 Å². The lowest BCUT2D eigenvalue weighted by Gasteiger charge is -2.07. The molecule has 0 bridgehead atoms. The topological polar surface area (TPSA) is 75.0 Å². The Bertz CT molecular complexity index is 731. The third-order valence-electron chi connectivity index (χ3n) is 3.34. The second-order valence-electron chi connectivity index (χ2n) is 4.66. The van der Waals surface area contributed by atoms with E-state index in [0.717, 1.165) is 41.2 Å². The van der Waals surface area contributed by atoms with Crippen molar-refractivity contribution in [1.82, 2.24) is 15.0 Å². The first-order valence-electron chi connectivity index (χ1n) is 7.00. The Morgan fingerprint density at radius 2 is 1.90 bits per heavy atom. The number of hydrazine groups is 1. The minimum Gasteiger partial charge on any atom is -0.353 e. The molecule has 3 aromatic rings. The van der Waals surface area contributed by atoms with Crippen molar-refractivity contribution in [3.05, 3.63) is 42.2 Å². The molecule has 0 atom stereocenters. The molecule has 3 N–H and O–H groups in total. The van der Waals surface area contributed by atoms with E-state index in [0.29, 0.717) is 5.69 Å². The third-order valence-corrected chi connectivity index (χ3v) is 3.34. The van der Waals surface area contributed by atoms with Crippen LogP contribution in [0, 0.1) is 0 Å². The van der Waals surface area contributed by atoms with Crippen LogP contribution >= 0.6 is 0 Å². The van der Waals surface area contributed by atoms with Crippen molar-refractivity contribution in [2.24, 2.45) is 5.84 Å². The van der Waals surface area contributed by atoms with Gasteiger partial charge in [0.2, 0.25) is 0 Å². The molecule has 110 valence electrons. The minimum absolute atomic E-state index is 0.465. The van der Waals surface area contributed by atoms with Gasteiger partial charge in [0.25, 0.3) is 0 Å². The van der Waals surface area contributed by atoms with Gasteiger partial charge in [0.05, 0.1) is 11.7 Å². The number of nitrogens with two attached hydrogens (primary N) is 1. The van der Waals surface area contributed by atoms with Gasteiger partial charge in [-0.1, -0.05) is 32.0 Å². The predicted octanol–water partition coefficient (Wildman–Crippen LogP) is 2.73. The molecule has 0 aliphatic carbocycles. The number of carbonyl (C=O) groups excluding carboxylic acids is 1. The smallest absolute Gasteiger partial charge is 0.168 e. The highest BCUT2D eigenvalue weighted by Crippen LogP contribution is 2.24. The quantitative estimate of drug-likeness (QED) is 0.440. The molecule has 5 nitrogen and oxygen atoms in total. The lowest BCUT2D eigenvalue weighted by Crippen LogP contribution is -2.29. The molecule has 2 aromatic heterocycles. The van der Waals surface area contributed by atoms with Gasteiger partial charge in [0, 0.05) is 29.4 Å². The molecule has 0 spiro atoms. The van der Waals surface area contributed by atoms with Crippen LogP contribution in [0.4, 0.5) is 0 Å². The molecule has 0 amide bonds. The Morgan fingerprint density at radius 3 is 2.52 bits per heavy atom. The van der Waals surface area contributed by atoms with E-state index in [9.17, 15) is 4.79 Å². The summed E-state index contributed by atoms with van der Waals surface area (Å²) in [7, 11) is 0. The van der Waals surface area contributed by atoms with E-state index in [1.165, 1.54) is 0 Å². The van der Waals surface area contributed by atoms with Crippen molar-refractivity contribution < 1.29 is 4.79 Å². The van der Waals surface area contributed by atoms with E-state index in [2.05, 4.69) is 9.97 Å². The number of nitrogens with one attached hydrogen (secondary N) is 1. The monoisotopic (exact) mass is 284 g/mol. The van der Waals surface area contributed by atoms with E-state index >= 15 is 0 Å². The maximum Gasteiger partial charge on any atom is 0.168 e. The lowest BCUT2D eigenvalue weighted by molar-refractivity contribution is 0.111. The first-order chi connectivity index (χ1) is 10.2. The molecule has 0 unspecified atom stereocenters. The van der Waals surface area contributed by atoms with Crippen LogP contribution in [0.15, 0.2) is 36.5 Å². The fourth-order valence-electron chi connectivity index (χ4n) is 2.05. The van der Waals surface area contributed by atoms with Crippen molar-refractivity contribution in [3.8, 4) is 0 Å². The van der Waals surface area contributed by atoms with Gasteiger partial charge in [-0.3, -0.25) is 15.6 Å². The average molecular weight is 284 g/mol. The molecule has 5 heteroatoms. The van der Waals surface area contributed by atoms with E-state index in [1.807, 2.05) is 38.1 Å². The number of pyridine rings is 1. The van der Waals surface area contributed by atoms with E-state index in [1.54, 1.807) is 17.3 Å². The Labute approximate surface area is 123 Å². The molecule has 0 aliphatic heterocycles. The average Bonchev–Trinajstić information content (AvgIpc) is 2.92. The first kappa shape index (κ1) is 15.2. The van der Waals surface area contributed by atoms with Crippen LogP contribution in [0.3, 0.4) is 0 Å². The van der Waals surface area contributed by atoms with Gasteiger partial charge in [-0.15, -0.1) is 0 Å². The Morgan fingerprint density at radius 1 is 1.19 bits per heavy atom. The summed E-state index contributed by atoms with van der Waals surface area (Å²) in [6.07, 6.45) is 2.46. The third kappa shape index (κ3) is 3.45. The summed E-state index contributed by atoms with van der Waals surface area (Å²) in [6, 6.07) is 9.81. The normalized spacial score (nSPS) is 10.7. The summed E-state index contributed by atoms with van der Waals surface area (Å²) < 4.78 is 0. The number of carbonyl (C=O) groups is 1. The molecule has 0 saturated carbocycles. The van der Waals surface area contributed by atoms with E-state index < -0.39 is 0 Å². The lowest BCUT2D eigenvalue weighted by atomic mass is 10.2. The molecule has 0 fully saturated rings. The van der Waals surface area contributed by atoms with Crippen LogP contribution in [0.5, 0.6) is 0 Å². The summed E-state index contributed by atoms with van der Waals surface area (Å²) in [5.74, 6) is 5.31. The zero-order chi connectivity index (χ0) is 15.2. The summed E-state index contributed by atoms with van der Waals surface area (Å²) in [5.41, 5.74) is 2.49. The highest BCUT2D eigenvalue weighted by molar-refractivity contribution is 6.07. The largest absolute Gasteiger partial charge is 0.353 e. The number of aldehydes is 1. The fraction of sp³-hybridized carbons (Fsp3) is 0.250. The zero-order valence-electron chi connectivity index (χ0n) is 12.3. The zero-order valence-corrected chi connectivity index (χ0v) is 12.3. The summed E-state index contributed by atoms with van der Waals surface area (Å²) in [4.78, 5) is 17.9. The van der Waals surface area contributed by atoms with Crippen molar-refractivity contribution in [1.29, 1.82) is 0 Å². The van der Waals surface area contributed by atoms with Crippen molar-refractivity contribution in [2.45, 2.75) is 13.8 Å². The summed E-state index contributed by atoms with van der Waals surface area (Å²) >= 11 is 0. The van der Waals surface area contributed by atoms with Crippen LogP contribution in [-0.2, 0) is 0 Å². The fourth-order valence-corrected chi connectivity index (χ4v) is 2.05. The maximum absolute atomic E-state index is 10.6. The number of rotatable bonds is 3. The standard InChI is InChI=1S/C12H8N2O.C4H12N2/c15-7-8-5-10-9-3-1-2-4-11(9)14-12(10)6-13-8;1-3-6(5)4-2/h1-7,14H;3-5H2,1-2H3. The van der Waals surface area contributed by atoms with Gasteiger partial charge in [-0.05, 0) is 12.1 Å². The Hall–Kier alpha value is -2.24. The van der Waals surface area contributed by atoms with Crippen molar-refractivity contribution in [2.75, 3.05) is 13.1 Å². The maximum atomic E-state index is 10.6. The van der Waals surface area contributed by atoms with E-state index in [-0.39, 0.29) is 0 Å². The second kappa shape index (κ2) is 6.97. The molecule has 1 aromatic carbocycles. The number of H-pyrrole nitrogens is 1. The van der Waals surface area contributed by atoms with Crippen LogP contribution in [0.25, 0.3) is 21.8 Å². The van der Waals surface area contributed by atoms with Crippen molar-refractivity contribution in [3.63, 3.8) is 0 Å². The van der Waals surface area contributed by atoms with Crippen LogP contribution in [-0.4, -0.2) is 34.4 Å². The van der Waals surface area contributed by atoms with Crippen molar-refractivity contribution >= 4 is 28.1 Å². The van der Waals surface area contributed by atoms with E-state index in [4.69, 9.17) is 5.84 Å². The number of fused-ring (bicyclic) bond motifs is 3. The van der Waals surface area contributed by atoms with Gasteiger partial charge < -0.3 is 4.98 Å². The number of para-hydroxylation sites is 1. The number of nitrogens with zero attached hydrogens (tertiary/aromatic N) is 2. The predicted molar refractivity (Wildman–Crippen MR) is 86.1 cm³/mol. The molecule has 3 rings (SSSR count). The van der Waals surface area contributed by atoms with Gasteiger partial charge in [-0.2, -0.15) is 0 Å². The number of aromatic amines is 1. The Balaban J connectivity index is 0.000000232. The molecule has 0 saturated heterocycles. The highest BCUT2D eigenvalue weighted by atomic mass is 16.1. The molecule has 21 heavy (non-hydrogen) atoms. The Kier molecular flexibility index (Phi) is 5.03. The van der Waals surface area contributed by atoms with Gasteiger partial charge in [0.1, 0.15) is 5.69 Å². The second-order valence-corrected chi connectivity index (χ2v) is 4.66. The van der Waals surface area contributed by atoms with Gasteiger partial charge in [0.15, 0.2) is 6.29 Å². The first-order valence-corrected chi connectivity index (χ1v) is 7.00. The van der Waals surface area contributed by atoms with Gasteiger partial charge >= 0.3 is 0 Å². The number of hydrogen-bond acceptors (Lipinski definition) is 4. The van der Waals surface area contributed by atoms with Gasteiger partial charge in [-0.25, -0.2) is 5.01 Å². The molecule has 0 aliphatic rings. The summed E-state index contributed by atoms with van der Waals surface area (Å²) in [6.45, 7) is 5.94. The number of aromatic nitrogens is 2. The number of hydrogen-bond donors (Lipinski definition) is 2. The molecule has 0 radical (unpaired) electrons. The SMILES string of the molecule is CCN(N)CC.O=Cc1cc2c(cn1)[nH]c1ccccc12. The highest BCUT2D eigenvalue weighted by Gasteiger charge is 2.04. The molecule has 2 heterocycles. The summed E-state index contributed by atoms with van der Waals surface area (Å²) in [5, 5.41) is 3.92. The molecular formula is C16H20N4O. The molecular weight excluding hydrogens is 264 g/mol. The number of benzene rings is 1. The van der Waals surface area contributed by atoms with Crippen LogP contribution < -0.4 is 5.84 Å². The minimum atomic E-state index is 0.465.